The molecule has 0 radical (unpaired) electrons. The van der Waals surface area contributed by atoms with Crippen molar-refractivity contribution in [1.29, 1.82) is 0 Å². The lowest BCUT2D eigenvalue weighted by Crippen LogP contribution is -2.48. The average molecular weight is 509 g/mol. The minimum atomic E-state index is -1.12. The Morgan fingerprint density at radius 3 is 2.39 bits per heavy atom. The lowest BCUT2D eigenvalue weighted by molar-refractivity contribution is -0.127. The van der Waals surface area contributed by atoms with Gasteiger partial charge in [0, 0.05) is 10.9 Å². The molecule has 1 aliphatic rings. The minimum absolute atomic E-state index is 0.00189. The Morgan fingerprint density at radius 1 is 1.03 bits per heavy atom. The number of benzene rings is 2. The van der Waals surface area contributed by atoms with Gasteiger partial charge in [0.2, 0.25) is 11.8 Å². The van der Waals surface area contributed by atoms with Gasteiger partial charge in [0.25, 0.3) is 0 Å². The number of hydrogen-bond acceptors (Lipinski definition) is 5. The van der Waals surface area contributed by atoms with Gasteiger partial charge in [-0.3, -0.25) is 14.5 Å². The number of amides is 2. The van der Waals surface area contributed by atoms with Crippen LogP contribution in [0.5, 0.6) is 0 Å². The monoisotopic (exact) mass is 508 g/mol. The van der Waals surface area contributed by atoms with Crippen molar-refractivity contribution < 1.29 is 23.5 Å². The van der Waals surface area contributed by atoms with Crippen molar-refractivity contribution >= 4 is 34.8 Å². The fraction of sp³-hybridized carbons (Fsp3) is 0.321. The van der Waals surface area contributed by atoms with Crippen molar-refractivity contribution in [2.45, 2.75) is 50.6 Å². The molecule has 1 fully saturated rings. The Hall–Kier alpha value is -3.52. The number of methoxy groups -OCH3 is 1. The molecule has 0 unspecified atom stereocenters. The summed E-state index contributed by atoms with van der Waals surface area (Å²) >= 11 is 1.43. The van der Waals surface area contributed by atoms with E-state index in [0.29, 0.717) is 11.1 Å². The van der Waals surface area contributed by atoms with Crippen molar-refractivity contribution in [2.75, 3.05) is 12.0 Å². The second kappa shape index (κ2) is 11.9. The van der Waals surface area contributed by atoms with E-state index in [1.807, 2.05) is 17.5 Å². The van der Waals surface area contributed by atoms with E-state index in [4.69, 9.17) is 4.74 Å². The van der Waals surface area contributed by atoms with Gasteiger partial charge in [-0.15, -0.1) is 11.3 Å². The molecule has 6 nitrogen and oxygen atoms in total. The normalized spacial score (nSPS) is 14.6. The van der Waals surface area contributed by atoms with E-state index in [1.165, 1.54) is 35.5 Å². The van der Waals surface area contributed by atoms with Gasteiger partial charge in [-0.25, -0.2) is 9.18 Å². The molecule has 1 N–H and O–H groups in total. The molecule has 3 aromatic rings. The molecule has 0 bridgehead atoms. The second-order valence-corrected chi connectivity index (χ2v) is 9.86. The molecular weight excluding hydrogens is 479 g/mol. The van der Waals surface area contributed by atoms with Crippen LogP contribution in [-0.2, 0) is 20.7 Å². The molecule has 1 aliphatic carbocycles. The van der Waals surface area contributed by atoms with Gasteiger partial charge in [0.05, 0.1) is 24.8 Å². The standard InChI is InChI=1S/C28H29FN2O4S/c1-35-28(34)20-15-13-19(14-16-20)26(27(33)30-21-8-3-2-4-9-21)31(24-12-6-5-11-23(24)29)25(32)18-22-10-7-17-36-22/h5-7,10-17,21,26H,2-4,8-9,18H2,1H3,(H,30,33)/t26-/m1/s1. The van der Waals surface area contributed by atoms with Gasteiger partial charge in [0.15, 0.2) is 0 Å². The highest BCUT2D eigenvalue weighted by atomic mass is 32.1. The number of esters is 1. The summed E-state index contributed by atoms with van der Waals surface area (Å²) in [7, 11) is 1.29. The Labute approximate surface area is 214 Å². The zero-order valence-electron chi connectivity index (χ0n) is 20.1. The number of thiophene rings is 1. The number of nitrogens with one attached hydrogen (secondary N) is 1. The summed E-state index contributed by atoms with van der Waals surface area (Å²) in [4.78, 5) is 41.5. The molecule has 4 rings (SSSR count). The van der Waals surface area contributed by atoms with E-state index < -0.39 is 23.7 Å². The summed E-state index contributed by atoms with van der Waals surface area (Å²) in [5, 5.41) is 4.98. The third kappa shape index (κ3) is 5.99. The molecule has 1 heterocycles. The number of nitrogens with zero attached hydrogens (tertiary/aromatic N) is 1. The molecule has 8 heteroatoms. The number of halogens is 1. The lowest BCUT2D eigenvalue weighted by atomic mass is 9.94. The first-order valence-electron chi connectivity index (χ1n) is 12.1. The van der Waals surface area contributed by atoms with Gasteiger partial charge < -0.3 is 10.1 Å². The first-order chi connectivity index (χ1) is 17.5. The van der Waals surface area contributed by atoms with E-state index in [2.05, 4.69) is 5.32 Å². The highest BCUT2D eigenvalue weighted by Gasteiger charge is 2.35. The number of anilines is 1. The molecular formula is C28H29FN2O4S. The molecule has 0 spiro atoms. The summed E-state index contributed by atoms with van der Waals surface area (Å²) in [6.45, 7) is 0. The third-order valence-electron chi connectivity index (χ3n) is 6.39. The summed E-state index contributed by atoms with van der Waals surface area (Å²) in [5.74, 6) is -1.89. The summed E-state index contributed by atoms with van der Waals surface area (Å²) < 4.78 is 19.9. The van der Waals surface area contributed by atoms with Crippen LogP contribution < -0.4 is 10.2 Å². The highest BCUT2D eigenvalue weighted by Crippen LogP contribution is 2.32. The minimum Gasteiger partial charge on any atom is -0.465 e. The maximum Gasteiger partial charge on any atom is 0.337 e. The van der Waals surface area contributed by atoms with Crippen molar-refractivity contribution in [3.63, 3.8) is 0 Å². The summed E-state index contributed by atoms with van der Waals surface area (Å²) in [6.07, 6.45) is 4.94. The molecule has 1 saturated carbocycles. The molecule has 2 amide bonds. The maximum absolute atomic E-state index is 15.1. The molecule has 36 heavy (non-hydrogen) atoms. The largest absolute Gasteiger partial charge is 0.465 e. The van der Waals surface area contributed by atoms with Crippen LogP contribution in [0.15, 0.2) is 66.0 Å². The van der Waals surface area contributed by atoms with Crippen LogP contribution in [0.4, 0.5) is 10.1 Å². The number of carbonyl (C=O) groups is 3. The smallest absolute Gasteiger partial charge is 0.337 e. The Kier molecular flexibility index (Phi) is 8.48. The fourth-order valence-corrected chi connectivity index (χ4v) is 5.27. The van der Waals surface area contributed by atoms with Crippen LogP contribution in [0.2, 0.25) is 0 Å². The van der Waals surface area contributed by atoms with Crippen LogP contribution in [0.25, 0.3) is 0 Å². The molecule has 1 aromatic heterocycles. The van der Waals surface area contributed by atoms with Crippen LogP contribution in [-0.4, -0.2) is 30.9 Å². The van der Waals surface area contributed by atoms with Gasteiger partial charge in [-0.2, -0.15) is 0 Å². The first-order valence-corrected chi connectivity index (χ1v) is 12.9. The Bertz CT molecular complexity index is 1190. The average Bonchev–Trinajstić information content (AvgIpc) is 3.41. The predicted octanol–water partition coefficient (Wildman–Crippen LogP) is 5.44. The highest BCUT2D eigenvalue weighted by molar-refractivity contribution is 7.10. The predicted molar refractivity (Wildman–Crippen MR) is 137 cm³/mol. The SMILES string of the molecule is COC(=O)c1ccc([C@H](C(=O)NC2CCCCC2)N(C(=O)Cc2cccs2)c2ccccc2F)cc1. The Morgan fingerprint density at radius 2 is 1.75 bits per heavy atom. The quantitative estimate of drug-likeness (QED) is 0.411. The van der Waals surface area contributed by atoms with Gasteiger partial charge in [0.1, 0.15) is 11.9 Å². The molecule has 0 saturated heterocycles. The lowest BCUT2D eigenvalue weighted by Gasteiger charge is -2.33. The van der Waals surface area contributed by atoms with Crippen LogP contribution >= 0.6 is 11.3 Å². The topological polar surface area (TPSA) is 75.7 Å². The van der Waals surface area contributed by atoms with Crippen molar-refractivity contribution in [2.24, 2.45) is 0 Å². The molecule has 0 aliphatic heterocycles. The number of para-hydroxylation sites is 1. The van der Waals surface area contributed by atoms with E-state index in [1.54, 1.807) is 36.4 Å². The van der Waals surface area contributed by atoms with Crippen molar-refractivity contribution in [1.82, 2.24) is 5.32 Å². The van der Waals surface area contributed by atoms with E-state index in [0.717, 1.165) is 37.0 Å². The Balaban J connectivity index is 1.77. The van der Waals surface area contributed by atoms with Gasteiger partial charge >= 0.3 is 5.97 Å². The number of rotatable bonds is 8. The zero-order chi connectivity index (χ0) is 25.5. The van der Waals surface area contributed by atoms with E-state index in [9.17, 15) is 14.4 Å². The number of carbonyl (C=O) groups excluding carboxylic acids is 3. The number of ether oxygens (including phenoxy) is 1. The second-order valence-electron chi connectivity index (χ2n) is 8.83. The van der Waals surface area contributed by atoms with Crippen LogP contribution in [0.1, 0.15) is 58.9 Å². The van der Waals surface area contributed by atoms with E-state index in [-0.39, 0.29) is 24.1 Å². The van der Waals surface area contributed by atoms with Gasteiger partial charge in [-0.05, 0) is 54.1 Å². The van der Waals surface area contributed by atoms with Crippen molar-refractivity contribution in [3.05, 3.63) is 87.9 Å². The third-order valence-corrected chi connectivity index (χ3v) is 7.27. The van der Waals surface area contributed by atoms with Crippen LogP contribution in [0.3, 0.4) is 0 Å². The zero-order valence-corrected chi connectivity index (χ0v) is 20.9. The molecule has 188 valence electrons. The summed E-state index contributed by atoms with van der Waals surface area (Å²) in [5.41, 5.74) is 0.814. The fourth-order valence-electron chi connectivity index (χ4n) is 4.58. The van der Waals surface area contributed by atoms with Crippen molar-refractivity contribution in [3.8, 4) is 0 Å². The maximum atomic E-state index is 15.1. The van der Waals surface area contributed by atoms with Gasteiger partial charge in [-0.1, -0.05) is 49.6 Å². The molecule has 2 aromatic carbocycles. The van der Waals surface area contributed by atoms with E-state index >= 15 is 4.39 Å². The summed E-state index contributed by atoms with van der Waals surface area (Å²) in [6, 6.07) is 14.8. The number of hydrogen-bond donors (Lipinski definition) is 1. The first kappa shape index (κ1) is 25.6. The molecule has 1 atom stereocenters. The van der Waals surface area contributed by atoms with Crippen LogP contribution in [0, 0.1) is 5.82 Å².